The number of hydrogen-bond donors (Lipinski definition) is 2. The minimum absolute atomic E-state index is 0.0294. The second-order valence-electron chi connectivity index (χ2n) is 7.01. The van der Waals surface area contributed by atoms with Gasteiger partial charge in [-0.05, 0) is 18.4 Å². The first-order chi connectivity index (χ1) is 12.5. The zero-order valence-corrected chi connectivity index (χ0v) is 15.8. The summed E-state index contributed by atoms with van der Waals surface area (Å²) < 4.78 is 28.7. The Morgan fingerprint density at radius 1 is 1.27 bits per heavy atom. The van der Waals surface area contributed by atoms with Crippen molar-refractivity contribution in [3.05, 3.63) is 35.9 Å². The molecule has 7 nitrogen and oxygen atoms in total. The molecule has 0 spiro atoms. The summed E-state index contributed by atoms with van der Waals surface area (Å²) in [4.78, 5) is 6.72. The highest BCUT2D eigenvalue weighted by molar-refractivity contribution is 7.91. The second kappa shape index (κ2) is 8.83. The van der Waals surface area contributed by atoms with E-state index in [-0.39, 0.29) is 30.8 Å². The highest BCUT2D eigenvalue weighted by Gasteiger charge is 2.25. The van der Waals surface area contributed by atoms with Gasteiger partial charge in [0.25, 0.3) is 0 Å². The van der Waals surface area contributed by atoms with E-state index in [1.165, 1.54) is 5.56 Å². The summed E-state index contributed by atoms with van der Waals surface area (Å²) in [5, 5.41) is 3.26. The van der Waals surface area contributed by atoms with Crippen LogP contribution in [0.15, 0.2) is 35.3 Å². The van der Waals surface area contributed by atoms with E-state index in [1.807, 2.05) is 6.07 Å². The molecule has 0 saturated carbocycles. The SMILES string of the molecule is NC(=NCC1CS(=O)(=O)CCO1)NC1CCN(Cc2ccccc2)CC1. The molecule has 1 aromatic rings. The summed E-state index contributed by atoms with van der Waals surface area (Å²) in [5.41, 5.74) is 7.30. The Labute approximate surface area is 155 Å². The van der Waals surface area contributed by atoms with Crippen molar-refractivity contribution in [3.63, 3.8) is 0 Å². The molecule has 0 bridgehead atoms. The molecule has 8 heteroatoms. The Morgan fingerprint density at radius 3 is 2.69 bits per heavy atom. The van der Waals surface area contributed by atoms with Crippen molar-refractivity contribution in [2.75, 3.05) is 37.7 Å². The minimum Gasteiger partial charge on any atom is -0.374 e. The van der Waals surface area contributed by atoms with Crippen LogP contribution in [0.5, 0.6) is 0 Å². The normalized spacial score (nSPS) is 25.1. The van der Waals surface area contributed by atoms with Crippen LogP contribution in [-0.4, -0.2) is 69.2 Å². The molecule has 0 aromatic heterocycles. The highest BCUT2D eigenvalue weighted by atomic mass is 32.2. The van der Waals surface area contributed by atoms with E-state index in [2.05, 4.69) is 39.5 Å². The summed E-state index contributed by atoms with van der Waals surface area (Å²) in [6, 6.07) is 10.8. The molecule has 2 aliphatic heterocycles. The van der Waals surface area contributed by atoms with Crippen LogP contribution in [0, 0.1) is 0 Å². The van der Waals surface area contributed by atoms with Gasteiger partial charge in [-0.25, -0.2) is 8.42 Å². The van der Waals surface area contributed by atoms with E-state index >= 15 is 0 Å². The number of nitrogens with two attached hydrogens (primary N) is 1. The van der Waals surface area contributed by atoms with Crippen molar-refractivity contribution in [2.45, 2.75) is 31.5 Å². The zero-order chi connectivity index (χ0) is 18.4. The van der Waals surface area contributed by atoms with Crippen LogP contribution < -0.4 is 11.1 Å². The largest absolute Gasteiger partial charge is 0.374 e. The number of hydrogen-bond acceptors (Lipinski definition) is 5. The van der Waals surface area contributed by atoms with E-state index in [9.17, 15) is 8.42 Å². The molecule has 0 amide bonds. The molecule has 26 heavy (non-hydrogen) atoms. The van der Waals surface area contributed by atoms with Crippen molar-refractivity contribution >= 4 is 15.8 Å². The Morgan fingerprint density at radius 2 is 2.00 bits per heavy atom. The van der Waals surface area contributed by atoms with Gasteiger partial charge in [-0.3, -0.25) is 9.89 Å². The Balaban J connectivity index is 1.39. The molecule has 1 unspecified atom stereocenters. The number of nitrogens with zero attached hydrogens (tertiary/aromatic N) is 2. The van der Waals surface area contributed by atoms with Crippen molar-refractivity contribution in [1.82, 2.24) is 10.2 Å². The maximum absolute atomic E-state index is 11.6. The minimum atomic E-state index is -3.00. The van der Waals surface area contributed by atoms with Gasteiger partial charge in [0.15, 0.2) is 15.8 Å². The molecular formula is C18H28N4O3S. The van der Waals surface area contributed by atoms with Crippen LogP contribution in [0.4, 0.5) is 0 Å². The lowest BCUT2D eigenvalue weighted by molar-refractivity contribution is 0.0782. The molecule has 3 rings (SSSR count). The third-order valence-corrected chi connectivity index (χ3v) is 6.51. The molecule has 2 saturated heterocycles. The summed E-state index contributed by atoms with van der Waals surface area (Å²) in [6.45, 7) is 3.54. The Kier molecular flexibility index (Phi) is 6.50. The molecule has 2 fully saturated rings. The Bertz CT molecular complexity index is 700. The first-order valence-electron chi connectivity index (χ1n) is 9.15. The molecule has 3 N–H and O–H groups in total. The smallest absolute Gasteiger partial charge is 0.188 e. The van der Waals surface area contributed by atoms with Crippen LogP contribution in [0.25, 0.3) is 0 Å². The van der Waals surface area contributed by atoms with E-state index in [1.54, 1.807) is 0 Å². The van der Waals surface area contributed by atoms with E-state index in [4.69, 9.17) is 10.5 Å². The third-order valence-electron chi connectivity index (χ3n) is 4.84. The van der Waals surface area contributed by atoms with Crippen LogP contribution in [0.3, 0.4) is 0 Å². The lowest BCUT2D eigenvalue weighted by Gasteiger charge is -2.32. The summed E-state index contributed by atoms with van der Waals surface area (Å²) in [7, 11) is -3.00. The molecule has 2 aliphatic rings. The quantitative estimate of drug-likeness (QED) is 0.566. The van der Waals surface area contributed by atoms with Crippen molar-refractivity contribution in [3.8, 4) is 0 Å². The van der Waals surface area contributed by atoms with Gasteiger partial charge in [0.1, 0.15) is 0 Å². The first kappa shape index (κ1) is 19.1. The average molecular weight is 381 g/mol. The molecule has 0 aliphatic carbocycles. The van der Waals surface area contributed by atoms with Gasteiger partial charge in [-0.2, -0.15) is 0 Å². The molecule has 2 heterocycles. The van der Waals surface area contributed by atoms with Gasteiger partial charge >= 0.3 is 0 Å². The fraction of sp³-hybridized carbons (Fsp3) is 0.611. The van der Waals surface area contributed by atoms with E-state index < -0.39 is 9.84 Å². The van der Waals surface area contributed by atoms with Crippen LogP contribution in [-0.2, 0) is 21.1 Å². The number of likely N-dealkylation sites (tertiary alicyclic amines) is 1. The van der Waals surface area contributed by atoms with E-state index in [0.29, 0.717) is 12.0 Å². The Hall–Kier alpha value is -1.64. The number of ether oxygens (including phenoxy) is 1. The van der Waals surface area contributed by atoms with Gasteiger partial charge in [0.05, 0.1) is 30.8 Å². The number of guanidine groups is 1. The lowest BCUT2D eigenvalue weighted by Crippen LogP contribution is -2.47. The van der Waals surface area contributed by atoms with Gasteiger partial charge in [0.2, 0.25) is 0 Å². The standard InChI is InChI=1S/C18H28N4O3S/c19-18(20-12-17-14-26(23,24)11-10-25-17)21-16-6-8-22(9-7-16)13-15-4-2-1-3-5-15/h1-5,16-17H,6-14H2,(H3,19,20,21). The molecule has 1 aromatic carbocycles. The lowest BCUT2D eigenvalue weighted by atomic mass is 10.0. The van der Waals surface area contributed by atoms with Crippen molar-refractivity contribution in [1.29, 1.82) is 0 Å². The molecular weight excluding hydrogens is 352 g/mol. The fourth-order valence-corrected chi connectivity index (χ4v) is 4.68. The number of rotatable bonds is 5. The predicted octanol–water partition coefficient (Wildman–Crippen LogP) is 0.369. The average Bonchev–Trinajstić information content (AvgIpc) is 2.62. The molecule has 1 atom stereocenters. The van der Waals surface area contributed by atoms with Crippen LogP contribution in [0.2, 0.25) is 0 Å². The van der Waals surface area contributed by atoms with Gasteiger partial charge in [0, 0.05) is 25.7 Å². The van der Waals surface area contributed by atoms with Crippen molar-refractivity contribution in [2.24, 2.45) is 10.7 Å². The summed E-state index contributed by atoms with van der Waals surface area (Å²) in [6.07, 6.45) is 1.64. The summed E-state index contributed by atoms with van der Waals surface area (Å²) >= 11 is 0. The zero-order valence-electron chi connectivity index (χ0n) is 15.0. The maximum Gasteiger partial charge on any atom is 0.188 e. The van der Waals surface area contributed by atoms with Crippen molar-refractivity contribution < 1.29 is 13.2 Å². The second-order valence-corrected chi connectivity index (χ2v) is 9.24. The van der Waals surface area contributed by atoms with Gasteiger partial charge < -0.3 is 15.8 Å². The molecule has 144 valence electrons. The third kappa shape index (κ3) is 5.96. The monoisotopic (exact) mass is 380 g/mol. The van der Waals surface area contributed by atoms with E-state index in [0.717, 1.165) is 32.5 Å². The number of benzene rings is 1. The van der Waals surface area contributed by atoms with Crippen LogP contribution in [0.1, 0.15) is 18.4 Å². The van der Waals surface area contributed by atoms with Gasteiger partial charge in [-0.15, -0.1) is 0 Å². The number of piperidine rings is 1. The van der Waals surface area contributed by atoms with Crippen LogP contribution >= 0.6 is 0 Å². The summed E-state index contributed by atoms with van der Waals surface area (Å²) in [5.74, 6) is 0.502. The fourth-order valence-electron chi connectivity index (χ4n) is 3.39. The number of sulfone groups is 1. The number of aliphatic imine (C=N–C) groups is 1. The molecule has 0 radical (unpaired) electrons. The maximum atomic E-state index is 11.6. The highest BCUT2D eigenvalue weighted by Crippen LogP contribution is 2.14. The number of nitrogens with one attached hydrogen (secondary N) is 1. The topological polar surface area (TPSA) is 97.0 Å². The first-order valence-corrected chi connectivity index (χ1v) is 11.0. The predicted molar refractivity (Wildman–Crippen MR) is 103 cm³/mol. The van der Waals surface area contributed by atoms with Gasteiger partial charge in [-0.1, -0.05) is 30.3 Å².